The van der Waals surface area contributed by atoms with Crippen LogP contribution in [0.15, 0.2) is 54.2 Å². The molecule has 2 aromatic heterocycles. The molecule has 0 spiro atoms. The summed E-state index contributed by atoms with van der Waals surface area (Å²) in [6.07, 6.45) is 8.34. The average molecular weight is 354 g/mol. The third-order valence-corrected chi connectivity index (χ3v) is 5.65. The number of benzene rings is 1. The van der Waals surface area contributed by atoms with Crippen LogP contribution >= 0.6 is 11.3 Å². The van der Waals surface area contributed by atoms with Gasteiger partial charge in [0, 0.05) is 29.4 Å². The second-order valence-electron chi connectivity index (χ2n) is 6.38. The Bertz CT molecular complexity index is 862. The van der Waals surface area contributed by atoms with E-state index in [1.165, 1.54) is 36.3 Å². The Kier molecular flexibility index (Phi) is 4.40. The van der Waals surface area contributed by atoms with Crippen LogP contribution in [0.5, 0.6) is 0 Å². The SMILES string of the molecule is O=C(NC1CCCC1)c1scc(-c2ccc(F)cc2)c1-n1cccc1. The van der Waals surface area contributed by atoms with Gasteiger partial charge in [-0.15, -0.1) is 11.3 Å². The highest BCUT2D eigenvalue weighted by atomic mass is 32.1. The lowest BCUT2D eigenvalue weighted by Gasteiger charge is -2.13. The van der Waals surface area contributed by atoms with Crippen LogP contribution in [0, 0.1) is 5.82 Å². The van der Waals surface area contributed by atoms with Crippen molar-refractivity contribution < 1.29 is 9.18 Å². The van der Waals surface area contributed by atoms with Gasteiger partial charge in [-0.3, -0.25) is 4.79 Å². The molecule has 1 amide bonds. The molecule has 0 bridgehead atoms. The molecule has 0 saturated heterocycles. The largest absolute Gasteiger partial charge is 0.349 e. The van der Waals surface area contributed by atoms with Crippen molar-refractivity contribution in [2.75, 3.05) is 0 Å². The van der Waals surface area contributed by atoms with Crippen LogP contribution in [0.4, 0.5) is 4.39 Å². The Morgan fingerprint density at radius 3 is 2.48 bits per heavy atom. The highest BCUT2D eigenvalue weighted by Gasteiger charge is 2.23. The van der Waals surface area contributed by atoms with Gasteiger partial charge in [0.1, 0.15) is 10.7 Å². The lowest BCUT2D eigenvalue weighted by molar-refractivity contribution is 0.0942. The minimum Gasteiger partial charge on any atom is -0.349 e. The van der Waals surface area contributed by atoms with Crippen molar-refractivity contribution in [3.63, 3.8) is 0 Å². The summed E-state index contributed by atoms with van der Waals surface area (Å²) in [5.74, 6) is -0.283. The maximum atomic E-state index is 13.3. The third kappa shape index (κ3) is 3.24. The van der Waals surface area contributed by atoms with Crippen molar-refractivity contribution in [1.82, 2.24) is 9.88 Å². The lowest BCUT2D eigenvalue weighted by Crippen LogP contribution is -2.32. The molecule has 128 valence electrons. The van der Waals surface area contributed by atoms with Crippen molar-refractivity contribution in [3.05, 3.63) is 64.9 Å². The number of carbonyl (C=O) groups is 1. The van der Waals surface area contributed by atoms with E-state index in [-0.39, 0.29) is 17.8 Å². The van der Waals surface area contributed by atoms with Gasteiger partial charge in [0.2, 0.25) is 0 Å². The molecule has 0 aliphatic heterocycles. The molecule has 0 radical (unpaired) electrons. The predicted molar refractivity (Wildman–Crippen MR) is 98.8 cm³/mol. The van der Waals surface area contributed by atoms with Crippen LogP contribution in [-0.2, 0) is 0 Å². The summed E-state index contributed by atoms with van der Waals surface area (Å²) in [4.78, 5) is 13.5. The van der Waals surface area contributed by atoms with Gasteiger partial charge < -0.3 is 9.88 Å². The second-order valence-corrected chi connectivity index (χ2v) is 7.26. The van der Waals surface area contributed by atoms with Crippen molar-refractivity contribution in [2.45, 2.75) is 31.7 Å². The molecule has 25 heavy (non-hydrogen) atoms. The van der Waals surface area contributed by atoms with E-state index in [2.05, 4.69) is 5.32 Å². The number of amides is 1. The molecule has 0 unspecified atom stereocenters. The summed E-state index contributed by atoms with van der Waals surface area (Å²) < 4.78 is 15.2. The first-order valence-electron chi connectivity index (χ1n) is 8.54. The number of rotatable bonds is 4. The number of thiophene rings is 1. The Hall–Kier alpha value is -2.40. The Balaban J connectivity index is 1.74. The van der Waals surface area contributed by atoms with E-state index in [0.717, 1.165) is 29.7 Å². The van der Waals surface area contributed by atoms with Crippen LogP contribution in [-0.4, -0.2) is 16.5 Å². The van der Waals surface area contributed by atoms with Crippen LogP contribution < -0.4 is 5.32 Å². The van der Waals surface area contributed by atoms with Crippen molar-refractivity contribution in [3.8, 4) is 16.8 Å². The first-order chi connectivity index (χ1) is 12.2. The molecule has 1 N–H and O–H groups in total. The first-order valence-corrected chi connectivity index (χ1v) is 9.42. The molecule has 1 saturated carbocycles. The van der Waals surface area contributed by atoms with E-state index in [0.29, 0.717) is 4.88 Å². The third-order valence-electron chi connectivity index (χ3n) is 4.68. The Labute approximate surface area is 150 Å². The molecular weight excluding hydrogens is 335 g/mol. The summed E-state index contributed by atoms with van der Waals surface area (Å²) >= 11 is 1.44. The molecule has 3 aromatic rings. The van der Waals surface area contributed by atoms with Gasteiger partial charge in [0.15, 0.2) is 0 Å². The van der Waals surface area contributed by atoms with Crippen LogP contribution in [0.2, 0.25) is 0 Å². The van der Waals surface area contributed by atoms with E-state index in [1.807, 2.05) is 34.5 Å². The zero-order valence-electron chi connectivity index (χ0n) is 13.7. The summed E-state index contributed by atoms with van der Waals surface area (Å²) in [5.41, 5.74) is 2.70. The molecule has 0 atom stereocenters. The van der Waals surface area contributed by atoms with Crippen LogP contribution in [0.3, 0.4) is 0 Å². The molecule has 1 aliphatic carbocycles. The quantitative estimate of drug-likeness (QED) is 0.701. The number of carbonyl (C=O) groups excluding carboxylic acids is 1. The maximum absolute atomic E-state index is 13.3. The van der Waals surface area contributed by atoms with Gasteiger partial charge in [0.05, 0.1) is 5.69 Å². The fourth-order valence-corrected chi connectivity index (χ4v) is 4.38. The fraction of sp³-hybridized carbons (Fsp3) is 0.250. The number of aromatic nitrogens is 1. The highest BCUT2D eigenvalue weighted by molar-refractivity contribution is 7.13. The topological polar surface area (TPSA) is 34.0 Å². The zero-order chi connectivity index (χ0) is 17.2. The number of nitrogens with zero attached hydrogens (tertiary/aromatic N) is 1. The number of nitrogens with one attached hydrogen (secondary N) is 1. The van der Waals surface area contributed by atoms with Crippen molar-refractivity contribution >= 4 is 17.2 Å². The number of hydrogen-bond donors (Lipinski definition) is 1. The highest BCUT2D eigenvalue weighted by Crippen LogP contribution is 2.35. The molecular formula is C20H19FN2OS. The van der Waals surface area contributed by atoms with Gasteiger partial charge in [-0.05, 0) is 42.7 Å². The Morgan fingerprint density at radius 2 is 1.80 bits per heavy atom. The summed E-state index contributed by atoms with van der Waals surface area (Å²) in [6.45, 7) is 0. The van der Waals surface area contributed by atoms with Gasteiger partial charge in [-0.2, -0.15) is 0 Å². The first kappa shape index (κ1) is 16.1. The molecule has 5 heteroatoms. The zero-order valence-corrected chi connectivity index (χ0v) is 14.6. The summed E-state index contributed by atoms with van der Waals surface area (Å²) in [6, 6.07) is 10.6. The smallest absolute Gasteiger partial charge is 0.263 e. The fourth-order valence-electron chi connectivity index (χ4n) is 3.41. The van der Waals surface area contributed by atoms with Gasteiger partial charge in [-0.25, -0.2) is 4.39 Å². The van der Waals surface area contributed by atoms with E-state index in [4.69, 9.17) is 0 Å². The summed E-state index contributed by atoms with van der Waals surface area (Å²) in [7, 11) is 0. The van der Waals surface area contributed by atoms with E-state index < -0.39 is 0 Å². The normalized spacial score (nSPS) is 14.8. The van der Waals surface area contributed by atoms with Crippen LogP contribution in [0.25, 0.3) is 16.8 Å². The minimum absolute atomic E-state index is 0.0195. The van der Waals surface area contributed by atoms with Gasteiger partial charge >= 0.3 is 0 Å². The van der Waals surface area contributed by atoms with E-state index in [1.54, 1.807) is 12.1 Å². The van der Waals surface area contributed by atoms with Gasteiger partial charge in [0.25, 0.3) is 5.91 Å². The predicted octanol–water partition coefficient (Wildman–Crippen LogP) is 5.02. The molecule has 2 heterocycles. The Morgan fingerprint density at radius 1 is 1.12 bits per heavy atom. The standard InChI is InChI=1S/C20H19FN2OS/c21-15-9-7-14(8-10-15)17-13-25-19(18(17)23-11-3-4-12-23)20(24)22-16-5-1-2-6-16/h3-4,7-13,16H,1-2,5-6H2,(H,22,24). The molecule has 1 fully saturated rings. The van der Waals surface area contributed by atoms with Crippen molar-refractivity contribution in [2.24, 2.45) is 0 Å². The summed E-state index contributed by atoms with van der Waals surface area (Å²) in [5, 5.41) is 5.15. The van der Waals surface area contributed by atoms with E-state index in [9.17, 15) is 9.18 Å². The number of hydrogen-bond acceptors (Lipinski definition) is 2. The van der Waals surface area contributed by atoms with E-state index >= 15 is 0 Å². The van der Waals surface area contributed by atoms with Crippen LogP contribution in [0.1, 0.15) is 35.4 Å². The molecule has 4 rings (SSSR count). The maximum Gasteiger partial charge on any atom is 0.263 e. The monoisotopic (exact) mass is 354 g/mol. The molecule has 3 nitrogen and oxygen atoms in total. The van der Waals surface area contributed by atoms with Crippen molar-refractivity contribution in [1.29, 1.82) is 0 Å². The lowest BCUT2D eigenvalue weighted by atomic mass is 10.1. The average Bonchev–Trinajstić information content (AvgIpc) is 3.36. The second kappa shape index (κ2) is 6.84. The molecule has 1 aromatic carbocycles. The minimum atomic E-state index is -0.263. The molecule has 1 aliphatic rings. The van der Waals surface area contributed by atoms with Gasteiger partial charge in [-0.1, -0.05) is 25.0 Å². The number of halogens is 1.